The first kappa shape index (κ1) is 11.1. The molecule has 0 unspecified atom stereocenters. The molecule has 2 aromatic rings. The fraction of sp³-hybridized carbons (Fsp3) is 0.333. The van der Waals surface area contributed by atoms with E-state index in [4.69, 9.17) is 5.73 Å². The van der Waals surface area contributed by atoms with Crippen molar-refractivity contribution in [3.8, 4) is 0 Å². The third-order valence-electron chi connectivity index (χ3n) is 2.44. The highest BCUT2D eigenvalue weighted by molar-refractivity contribution is 5.98. The Balaban J connectivity index is 2.03. The van der Waals surface area contributed by atoms with Gasteiger partial charge >= 0.3 is 0 Å². The van der Waals surface area contributed by atoms with Crippen molar-refractivity contribution >= 4 is 11.7 Å². The van der Waals surface area contributed by atoms with Gasteiger partial charge in [-0.25, -0.2) is 0 Å². The lowest BCUT2D eigenvalue weighted by Gasteiger charge is -2.03. The lowest BCUT2D eigenvalue weighted by atomic mass is 10.3. The highest BCUT2D eigenvalue weighted by Gasteiger charge is 2.13. The smallest absolute Gasteiger partial charge is 0.257 e. The molecule has 0 fully saturated rings. The van der Waals surface area contributed by atoms with Gasteiger partial charge in [0.2, 0.25) is 0 Å². The van der Waals surface area contributed by atoms with Crippen LogP contribution >= 0.6 is 0 Å². The Bertz CT molecular complexity index is 541. The van der Waals surface area contributed by atoms with Gasteiger partial charge in [-0.2, -0.15) is 5.10 Å². The van der Waals surface area contributed by atoms with Crippen molar-refractivity contribution in [1.82, 2.24) is 29.9 Å². The predicted octanol–water partition coefficient (Wildman–Crippen LogP) is -0.939. The number of hydrogen-bond donors (Lipinski definition) is 2. The van der Waals surface area contributed by atoms with E-state index in [9.17, 15) is 4.79 Å². The summed E-state index contributed by atoms with van der Waals surface area (Å²) >= 11 is 0. The molecule has 1 amide bonds. The molecule has 2 heterocycles. The second kappa shape index (κ2) is 4.24. The van der Waals surface area contributed by atoms with Gasteiger partial charge < -0.3 is 15.6 Å². The summed E-state index contributed by atoms with van der Waals surface area (Å²) in [5, 5.41) is 14.2. The molecule has 90 valence electrons. The van der Waals surface area contributed by atoms with Crippen LogP contribution in [0.15, 0.2) is 12.5 Å². The summed E-state index contributed by atoms with van der Waals surface area (Å²) in [5.41, 5.74) is 6.04. The van der Waals surface area contributed by atoms with Crippen molar-refractivity contribution in [2.75, 3.05) is 5.73 Å². The topological polar surface area (TPSA) is 104 Å². The standard InChI is InChI=1S/C9H13N7O/c1-15-5-12-14-7(15)4-11-9(17)6-3-13-16(2)8(6)10/h3,5H,4,10H2,1-2H3,(H,11,17). The molecular weight excluding hydrogens is 222 g/mol. The number of aryl methyl sites for hydroxylation is 2. The number of amides is 1. The third-order valence-corrected chi connectivity index (χ3v) is 2.44. The van der Waals surface area contributed by atoms with Crippen LogP contribution in [0.2, 0.25) is 0 Å². The molecule has 8 nitrogen and oxygen atoms in total. The molecule has 8 heteroatoms. The fourth-order valence-electron chi connectivity index (χ4n) is 1.34. The van der Waals surface area contributed by atoms with Gasteiger partial charge in [-0.1, -0.05) is 0 Å². The van der Waals surface area contributed by atoms with E-state index in [0.29, 0.717) is 23.8 Å². The number of anilines is 1. The molecule has 0 aliphatic rings. The van der Waals surface area contributed by atoms with E-state index in [1.807, 2.05) is 0 Å². The normalized spacial score (nSPS) is 10.5. The predicted molar refractivity (Wildman–Crippen MR) is 59.8 cm³/mol. The van der Waals surface area contributed by atoms with Crippen molar-refractivity contribution in [3.05, 3.63) is 23.9 Å². The summed E-state index contributed by atoms with van der Waals surface area (Å²) in [6.07, 6.45) is 3.00. The summed E-state index contributed by atoms with van der Waals surface area (Å²) in [7, 11) is 3.48. The molecule has 0 atom stereocenters. The number of aromatic nitrogens is 5. The number of nitrogen functional groups attached to an aromatic ring is 1. The van der Waals surface area contributed by atoms with Gasteiger partial charge in [0.25, 0.3) is 5.91 Å². The molecule has 0 spiro atoms. The van der Waals surface area contributed by atoms with Gasteiger partial charge in [0.05, 0.1) is 12.7 Å². The second-order valence-corrected chi connectivity index (χ2v) is 3.61. The highest BCUT2D eigenvalue weighted by atomic mass is 16.1. The summed E-state index contributed by atoms with van der Waals surface area (Å²) in [6, 6.07) is 0. The molecule has 0 saturated carbocycles. The Labute approximate surface area is 97.4 Å². The first-order valence-electron chi connectivity index (χ1n) is 4.98. The Kier molecular flexibility index (Phi) is 2.77. The molecule has 0 aliphatic carbocycles. The van der Waals surface area contributed by atoms with Crippen molar-refractivity contribution in [2.24, 2.45) is 14.1 Å². The van der Waals surface area contributed by atoms with Crippen molar-refractivity contribution in [1.29, 1.82) is 0 Å². The molecular formula is C9H13N7O. The van der Waals surface area contributed by atoms with Crippen LogP contribution in [0, 0.1) is 0 Å². The van der Waals surface area contributed by atoms with Gasteiger partial charge in [-0.15, -0.1) is 10.2 Å². The third kappa shape index (κ3) is 2.10. The summed E-state index contributed by atoms with van der Waals surface area (Å²) in [6.45, 7) is 0.295. The van der Waals surface area contributed by atoms with Crippen LogP contribution in [0.4, 0.5) is 5.82 Å². The Morgan fingerprint density at radius 2 is 2.29 bits per heavy atom. The zero-order valence-electron chi connectivity index (χ0n) is 9.58. The number of nitrogens with zero attached hydrogens (tertiary/aromatic N) is 5. The maximum absolute atomic E-state index is 11.8. The zero-order valence-corrected chi connectivity index (χ0v) is 9.58. The second-order valence-electron chi connectivity index (χ2n) is 3.61. The minimum atomic E-state index is -0.279. The van der Waals surface area contributed by atoms with E-state index >= 15 is 0 Å². The van der Waals surface area contributed by atoms with Gasteiger partial charge in [0.1, 0.15) is 17.7 Å². The maximum Gasteiger partial charge on any atom is 0.257 e. The number of hydrogen-bond acceptors (Lipinski definition) is 5. The minimum Gasteiger partial charge on any atom is -0.383 e. The number of rotatable bonds is 3. The average Bonchev–Trinajstić information content (AvgIpc) is 2.84. The molecule has 2 rings (SSSR count). The molecule has 0 bridgehead atoms. The molecule has 0 radical (unpaired) electrons. The Morgan fingerprint density at radius 1 is 1.53 bits per heavy atom. The van der Waals surface area contributed by atoms with Crippen molar-refractivity contribution < 1.29 is 4.79 Å². The first-order valence-corrected chi connectivity index (χ1v) is 4.98. The van der Waals surface area contributed by atoms with Gasteiger partial charge in [-0.05, 0) is 0 Å². The van der Waals surface area contributed by atoms with Crippen LogP contribution in [0.25, 0.3) is 0 Å². The van der Waals surface area contributed by atoms with E-state index in [-0.39, 0.29) is 5.91 Å². The zero-order chi connectivity index (χ0) is 12.4. The lowest BCUT2D eigenvalue weighted by Crippen LogP contribution is -2.25. The molecule has 2 aromatic heterocycles. The van der Waals surface area contributed by atoms with E-state index in [0.717, 1.165) is 0 Å². The van der Waals surface area contributed by atoms with Crippen LogP contribution in [0.1, 0.15) is 16.2 Å². The van der Waals surface area contributed by atoms with Gasteiger partial charge in [0, 0.05) is 14.1 Å². The lowest BCUT2D eigenvalue weighted by molar-refractivity contribution is 0.0950. The van der Waals surface area contributed by atoms with Crippen LogP contribution in [-0.2, 0) is 20.6 Å². The van der Waals surface area contributed by atoms with E-state index in [2.05, 4.69) is 20.6 Å². The summed E-state index contributed by atoms with van der Waals surface area (Å²) < 4.78 is 3.17. The SMILES string of the molecule is Cn1cnnc1CNC(=O)c1cnn(C)c1N. The maximum atomic E-state index is 11.8. The van der Waals surface area contributed by atoms with Crippen LogP contribution in [0.5, 0.6) is 0 Å². The van der Waals surface area contributed by atoms with Crippen LogP contribution in [-0.4, -0.2) is 30.5 Å². The summed E-state index contributed by atoms with van der Waals surface area (Å²) in [5.74, 6) is 0.722. The number of carbonyl (C=O) groups is 1. The fourth-order valence-corrected chi connectivity index (χ4v) is 1.34. The van der Waals surface area contributed by atoms with E-state index in [1.165, 1.54) is 10.9 Å². The molecule has 3 N–H and O–H groups in total. The molecule has 0 aromatic carbocycles. The highest BCUT2D eigenvalue weighted by Crippen LogP contribution is 2.08. The Hall–Kier alpha value is -2.38. The number of nitrogens with one attached hydrogen (secondary N) is 1. The molecule has 17 heavy (non-hydrogen) atoms. The first-order chi connectivity index (χ1) is 8.09. The largest absolute Gasteiger partial charge is 0.383 e. The van der Waals surface area contributed by atoms with Gasteiger partial charge in [-0.3, -0.25) is 9.48 Å². The average molecular weight is 235 g/mol. The quantitative estimate of drug-likeness (QED) is 0.714. The van der Waals surface area contributed by atoms with Crippen LogP contribution < -0.4 is 11.1 Å². The van der Waals surface area contributed by atoms with Crippen molar-refractivity contribution in [3.63, 3.8) is 0 Å². The summed E-state index contributed by atoms with van der Waals surface area (Å²) in [4.78, 5) is 11.8. The molecule has 0 saturated heterocycles. The van der Waals surface area contributed by atoms with Gasteiger partial charge in [0.15, 0.2) is 5.82 Å². The van der Waals surface area contributed by atoms with E-state index < -0.39 is 0 Å². The van der Waals surface area contributed by atoms with Crippen LogP contribution in [0.3, 0.4) is 0 Å². The minimum absolute atomic E-state index is 0.279. The molecule has 0 aliphatic heterocycles. The van der Waals surface area contributed by atoms with Crippen molar-refractivity contribution in [2.45, 2.75) is 6.54 Å². The number of nitrogens with two attached hydrogens (primary N) is 1. The van der Waals surface area contributed by atoms with E-state index in [1.54, 1.807) is 25.0 Å². The number of carbonyl (C=O) groups excluding carboxylic acids is 1. The Morgan fingerprint density at radius 3 is 2.82 bits per heavy atom. The monoisotopic (exact) mass is 235 g/mol.